The first-order chi connectivity index (χ1) is 5.54. The fraction of sp³-hybridized carbons (Fsp3) is 0. The van der Waals surface area contributed by atoms with Gasteiger partial charge in [-0.2, -0.15) is 0 Å². The van der Waals surface area contributed by atoms with Crippen LogP contribution >= 0.6 is 34.2 Å². The van der Waals surface area contributed by atoms with E-state index in [1.54, 1.807) is 0 Å². The lowest BCUT2D eigenvalue weighted by atomic mass is 10.2. The molecule has 0 fully saturated rings. The Bertz CT molecular complexity index is 342. The second-order valence-corrected chi connectivity index (χ2v) is 3.65. The fourth-order valence-electron chi connectivity index (χ4n) is 0.753. The molecular formula is C7H4ClFINO. The molecule has 0 atom stereocenters. The number of halogens is 3. The van der Waals surface area contributed by atoms with Crippen molar-refractivity contribution in [2.75, 3.05) is 0 Å². The van der Waals surface area contributed by atoms with Crippen LogP contribution in [0.3, 0.4) is 0 Å². The van der Waals surface area contributed by atoms with E-state index in [4.69, 9.17) is 17.3 Å². The normalized spacial score (nSPS) is 9.92. The van der Waals surface area contributed by atoms with E-state index in [1.165, 1.54) is 12.1 Å². The molecule has 0 radical (unpaired) electrons. The average Bonchev–Trinajstić information content (AvgIpc) is 1.97. The van der Waals surface area contributed by atoms with E-state index < -0.39 is 11.7 Å². The molecule has 64 valence electrons. The van der Waals surface area contributed by atoms with Gasteiger partial charge in [0.15, 0.2) is 5.82 Å². The van der Waals surface area contributed by atoms with E-state index >= 15 is 0 Å². The molecule has 5 heteroatoms. The van der Waals surface area contributed by atoms with Crippen molar-refractivity contribution in [2.24, 2.45) is 5.73 Å². The van der Waals surface area contributed by atoms with Crippen LogP contribution in [0.5, 0.6) is 0 Å². The Morgan fingerprint density at radius 2 is 2.17 bits per heavy atom. The highest BCUT2D eigenvalue weighted by molar-refractivity contribution is 14.1. The lowest BCUT2D eigenvalue weighted by molar-refractivity contribution is 0.0995. The van der Waals surface area contributed by atoms with Crippen LogP contribution < -0.4 is 5.73 Å². The third-order valence-electron chi connectivity index (χ3n) is 1.29. The van der Waals surface area contributed by atoms with Crippen molar-refractivity contribution in [2.45, 2.75) is 0 Å². The molecule has 1 rings (SSSR count). The minimum Gasteiger partial charge on any atom is -0.365 e. The molecule has 0 heterocycles. The largest absolute Gasteiger partial charge is 0.365 e. The number of nitrogens with two attached hydrogens (primary N) is 1. The van der Waals surface area contributed by atoms with Crippen LogP contribution in [-0.4, -0.2) is 5.91 Å². The van der Waals surface area contributed by atoms with Crippen molar-refractivity contribution in [3.05, 3.63) is 32.1 Å². The second-order valence-electron chi connectivity index (χ2n) is 2.08. The minimum atomic E-state index is -0.806. The molecule has 0 unspecified atom stereocenters. The molecule has 2 N–H and O–H groups in total. The highest BCUT2D eigenvalue weighted by atomic mass is 127. The number of benzene rings is 1. The number of hydrogen-bond donors (Lipinski definition) is 1. The average molecular weight is 299 g/mol. The Kier molecular flexibility index (Phi) is 2.89. The zero-order valence-electron chi connectivity index (χ0n) is 5.77. The van der Waals surface area contributed by atoms with Gasteiger partial charge in [0.25, 0.3) is 5.91 Å². The van der Waals surface area contributed by atoms with Gasteiger partial charge < -0.3 is 5.73 Å². The molecule has 12 heavy (non-hydrogen) atoms. The molecule has 0 aromatic heterocycles. The summed E-state index contributed by atoms with van der Waals surface area (Å²) in [5, 5.41) is -0.0933. The molecule has 0 saturated heterocycles. The molecule has 0 aliphatic heterocycles. The first-order valence-corrected chi connectivity index (χ1v) is 4.43. The van der Waals surface area contributed by atoms with E-state index in [-0.39, 0.29) is 10.6 Å². The number of carbonyl (C=O) groups is 1. The zero-order chi connectivity index (χ0) is 9.30. The molecule has 0 aliphatic carbocycles. The van der Waals surface area contributed by atoms with Gasteiger partial charge in [-0.3, -0.25) is 4.79 Å². The first kappa shape index (κ1) is 9.73. The van der Waals surface area contributed by atoms with Gasteiger partial charge in [0.05, 0.1) is 10.6 Å². The first-order valence-electron chi connectivity index (χ1n) is 2.97. The summed E-state index contributed by atoms with van der Waals surface area (Å²) in [6.45, 7) is 0. The van der Waals surface area contributed by atoms with E-state index in [1.807, 2.05) is 22.6 Å². The minimum absolute atomic E-state index is 0.0933. The SMILES string of the molecule is NC(=O)c1c(I)ccc(Cl)c1F. The maximum absolute atomic E-state index is 13.1. The van der Waals surface area contributed by atoms with Crippen LogP contribution in [0.2, 0.25) is 5.02 Å². The Balaban J connectivity index is 3.43. The van der Waals surface area contributed by atoms with Gasteiger partial charge in [0.2, 0.25) is 0 Å². The van der Waals surface area contributed by atoms with E-state index in [0.29, 0.717) is 3.57 Å². The lowest BCUT2D eigenvalue weighted by Gasteiger charge is -2.02. The van der Waals surface area contributed by atoms with Crippen molar-refractivity contribution in [1.29, 1.82) is 0 Å². The fourth-order valence-corrected chi connectivity index (χ4v) is 1.59. The second kappa shape index (κ2) is 3.57. The monoisotopic (exact) mass is 299 g/mol. The third-order valence-corrected chi connectivity index (χ3v) is 2.48. The summed E-state index contributed by atoms with van der Waals surface area (Å²) in [4.78, 5) is 10.7. The van der Waals surface area contributed by atoms with Gasteiger partial charge in [-0.1, -0.05) is 11.6 Å². The highest BCUT2D eigenvalue weighted by Crippen LogP contribution is 2.22. The smallest absolute Gasteiger partial charge is 0.252 e. The van der Waals surface area contributed by atoms with Crippen LogP contribution in [-0.2, 0) is 0 Å². The molecule has 0 saturated carbocycles. The van der Waals surface area contributed by atoms with E-state index in [0.717, 1.165) is 0 Å². The Morgan fingerprint density at radius 1 is 1.58 bits per heavy atom. The van der Waals surface area contributed by atoms with Crippen LogP contribution in [0.4, 0.5) is 4.39 Å². The molecule has 2 nitrogen and oxygen atoms in total. The maximum Gasteiger partial charge on any atom is 0.252 e. The zero-order valence-corrected chi connectivity index (χ0v) is 8.69. The van der Waals surface area contributed by atoms with Gasteiger partial charge in [0, 0.05) is 3.57 Å². The van der Waals surface area contributed by atoms with Gasteiger partial charge >= 0.3 is 0 Å². The Morgan fingerprint density at radius 3 is 2.58 bits per heavy atom. The van der Waals surface area contributed by atoms with Crippen LogP contribution in [0, 0.1) is 9.39 Å². The lowest BCUT2D eigenvalue weighted by Crippen LogP contribution is -2.15. The molecular weight excluding hydrogens is 295 g/mol. The quantitative estimate of drug-likeness (QED) is 0.627. The van der Waals surface area contributed by atoms with E-state index in [2.05, 4.69) is 0 Å². The predicted octanol–water partition coefficient (Wildman–Crippen LogP) is 2.18. The van der Waals surface area contributed by atoms with Crippen molar-refractivity contribution < 1.29 is 9.18 Å². The van der Waals surface area contributed by atoms with Crippen molar-refractivity contribution in [3.8, 4) is 0 Å². The molecule has 0 spiro atoms. The standard InChI is InChI=1S/C7H4ClFINO/c8-3-1-2-4(10)5(6(3)9)7(11)12/h1-2H,(H2,11,12). The number of hydrogen-bond acceptors (Lipinski definition) is 1. The third kappa shape index (κ3) is 1.69. The van der Waals surface area contributed by atoms with Crippen LogP contribution in [0.15, 0.2) is 12.1 Å². The molecule has 1 amide bonds. The Labute approximate surface area is 87.0 Å². The highest BCUT2D eigenvalue weighted by Gasteiger charge is 2.14. The summed E-state index contributed by atoms with van der Waals surface area (Å²) < 4.78 is 13.5. The summed E-state index contributed by atoms with van der Waals surface area (Å²) in [5.74, 6) is -1.56. The van der Waals surface area contributed by atoms with Gasteiger partial charge in [-0.05, 0) is 34.7 Å². The number of amides is 1. The van der Waals surface area contributed by atoms with Crippen LogP contribution in [0.1, 0.15) is 10.4 Å². The number of rotatable bonds is 1. The van der Waals surface area contributed by atoms with Gasteiger partial charge in [-0.25, -0.2) is 4.39 Å². The topological polar surface area (TPSA) is 43.1 Å². The van der Waals surface area contributed by atoms with Crippen molar-refractivity contribution in [1.82, 2.24) is 0 Å². The summed E-state index contributed by atoms with van der Waals surface area (Å²) in [6, 6.07) is 2.91. The van der Waals surface area contributed by atoms with Gasteiger partial charge in [-0.15, -0.1) is 0 Å². The number of primary amides is 1. The predicted molar refractivity (Wildman–Crippen MR) is 52.6 cm³/mol. The van der Waals surface area contributed by atoms with E-state index in [9.17, 15) is 9.18 Å². The maximum atomic E-state index is 13.1. The molecule has 0 bridgehead atoms. The Hall–Kier alpha value is -0.360. The summed E-state index contributed by atoms with van der Waals surface area (Å²) in [7, 11) is 0. The van der Waals surface area contributed by atoms with Crippen molar-refractivity contribution >= 4 is 40.1 Å². The molecule has 1 aromatic carbocycles. The van der Waals surface area contributed by atoms with Gasteiger partial charge in [0.1, 0.15) is 0 Å². The summed E-state index contributed by atoms with van der Waals surface area (Å²) in [5.41, 5.74) is 4.79. The summed E-state index contributed by atoms with van der Waals surface area (Å²) >= 11 is 7.26. The summed E-state index contributed by atoms with van der Waals surface area (Å²) in [6.07, 6.45) is 0. The van der Waals surface area contributed by atoms with Crippen molar-refractivity contribution in [3.63, 3.8) is 0 Å². The molecule has 1 aromatic rings. The van der Waals surface area contributed by atoms with Crippen LogP contribution in [0.25, 0.3) is 0 Å². The molecule has 0 aliphatic rings. The number of carbonyl (C=O) groups excluding carboxylic acids is 1.